The van der Waals surface area contributed by atoms with E-state index < -0.39 is 0 Å². The number of rotatable bonds is 3. The molecule has 1 fully saturated rings. The van der Waals surface area contributed by atoms with Crippen molar-refractivity contribution in [3.05, 3.63) is 25.9 Å². The van der Waals surface area contributed by atoms with E-state index in [9.17, 15) is 0 Å². The van der Waals surface area contributed by atoms with Gasteiger partial charge in [0.2, 0.25) is 0 Å². The predicted octanol–water partition coefficient (Wildman–Crippen LogP) is 3.02. The summed E-state index contributed by atoms with van der Waals surface area (Å²) in [5, 5.41) is -0.192. The summed E-state index contributed by atoms with van der Waals surface area (Å²) in [6.07, 6.45) is 0. The van der Waals surface area contributed by atoms with Crippen LogP contribution in [0, 0.1) is 14.3 Å². The molecular weight excluding hydrogens is 857 g/mol. The van der Waals surface area contributed by atoms with Gasteiger partial charge in [0.15, 0.2) is 0 Å². The fraction of sp³-hybridized carbons (Fsp3) is 0.600. The van der Waals surface area contributed by atoms with Gasteiger partial charge in [-0.2, -0.15) is 0 Å². The van der Waals surface area contributed by atoms with Crippen molar-refractivity contribution in [3.8, 4) is 0 Å². The first kappa shape index (κ1) is 22.1. The molecule has 0 amide bonds. The Kier molecular flexibility index (Phi) is 7.42. The zero-order chi connectivity index (χ0) is 17.8. The fourth-order valence-electron chi connectivity index (χ4n) is 2.46. The van der Waals surface area contributed by atoms with Crippen molar-refractivity contribution in [2.45, 2.75) is 58.1 Å². The van der Waals surface area contributed by atoms with Crippen LogP contribution in [0.1, 0.15) is 47.1 Å². The summed E-state index contributed by atoms with van der Waals surface area (Å²) in [5.41, 5.74) is 0.819. The van der Waals surface area contributed by atoms with Gasteiger partial charge < -0.3 is 0 Å². The van der Waals surface area contributed by atoms with Gasteiger partial charge in [0.25, 0.3) is 0 Å². The Bertz CT molecular complexity index is 615. The van der Waals surface area contributed by atoms with E-state index in [1.807, 2.05) is 0 Å². The second-order valence-corrected chi connectivity index (χ2v) is 14.8. The van der Waals surface area contributed by atoms with Gasteiger partial charge in [-0.05, 0) is 0 Å². The zero-order valence-corrected chi connectivity index (χ0v) is 24.6. The summed E-state index contributed by atoms with van der Waals surface area (Å²) < 4.78 is 18.3. The van der Waals surface area contributed by atoms with E-state index in [2.05, 4.69) is 134 Å². The molecule has 2 rings (SSSR count). The average molecular weight is 877 g/mol. The first-order valence-corrected chi connectivity index (χ1v) is 17.7. The van der Waals surface area contributed by atoms with E-state index in [1.165, 1.54) is 19.8 Å². The standard InChI is InChI=1S/C15H19BI5O2/c1-13(2,16-22-14(3,4)15(5,6)23-16)10-11(19)8(17)7-9(18)12(10)21-20/h7H,1-6H3/q-1. The van der Waals surface area contributed by atoms with Crippen molar-refractivity contribution in [1.29, 1.82) is 0 Å². The molecule has 1 aromatic carbocycles. The Morgan fingerprint density at radius 2 is 1.48 bits per heavy atom. The van der Waals surface area contributed by atoms with Gasteiger partial charge in [-0.25, -0.2) is 0 Å². The minimum atomic E-state index is -0.297. The minimum absolute atomic E-state index is 0.0506. The Hall–Kier alpha value is 2.85. The van der Waals surface area contributed by atoms with Crippen LogP contribution in [-0.4, -0.2) is 18.3 Å². The molecule has 130 valence electrons. The summed E-state index contributed by atoms with van der Waals surface area (Å²) in [7, 11) is -0.235. The van der Waals surface area contributed by atoms with E-state index in [0.29, 0.717) is 0 Å². The maximum absolute atomic E-state index is 6.40. The molecule has 8 heteroatoms. The molecule has 0 saturated carbocycles. The van der Waals surface area contributed by atoms with Gasteiger partial charge in [-0.3, -0.25) is 0 Å². The number of benzene rings is 1. The van der Waals surface area contributed by atoms with E-state index in [-0.39, 0.29) is 40.9 Å². The molecule has 0 radical (unpaired) electrons. The Balaban J connectivity index is 2.58. The fourth-order valence-corrected chi connectivity index (χ4v) is 13.5. The summed E-state index contributed by atoms with van der Waals surface area (Å²) in [6, 6.07) is 2.29. The molecule has 0 N–H and O–H groups in total. The van der Waals surface area contributed by atoms with Crippen molar-refractivity contribution in [3.63, 3.8) is 0 Å². The van der Waals surface area contributed by atoms with Crippen LogP contribution in [0.25, 0.3) is 0 Å². The monoisotopic (exact) mass is 877 g/mol. The van der Waals surface area contributed by atoms with Crippen LogP contribution in [0.3, 0.4) is 0 Å². The molecule has 0 atom stereocenters. The van der Waals surface area contributed by atoms with Crippen LogP contribution < -0.4 is 17.2 Å². The van der Waals surface area contributed by atoms with Crippen molar-refractivity contribution in [1.82, 2.24) is 0 Å². The number of hydrogen-bond acceptors (Lipinski definition) is 2. The molecule has 1 saturated heterocycles. The third-order valence-electron chi connectivity index (χ3n) is 4.67. The molecule has 0 unspecified atom stereocenters. The van der Waals surface area contributed by atoms with Gasteiger partial charge in [-0.15, -0.1) is 0 Å². The Morgan fingerprint density at radius 3 is 1.91 bits per heavy atom. The Labute approximate surface area is 200 Å². The quantitative estimate of drug-likeness (QED) is 0.265. The molecule has 1 aliphatic rings. The van der Waals surface area contributed by atoms with Gasteiger partial charge in [0.1, 0.15) is 0 Å². The summed E-state index contributed by atoms with van der Waals surface area (Å²) in [6.45, 7) is 13.0. The van der Waals surface area contributed by atoms with Crippen molar-refractivity contribution >= 4 is 93.5 Å². The van der Waals surface area contributed by atoms with Gasteiger partial charge in [0, 0.05) is 0 Å². The third kappa shape index (κ3) is 4.16. The van der Waals surface area contributed by atoms with Crippen LogP contribution in [-0.2, 0) is 14.6 Å². The average Bonchev–Trinajstić information content (AvgIpc) is 2.62. The Morgan fingerprint density at radius 1 is 1.00 bits per heavy atom. The molecule has 0 aliphatic carbocycles. The molecule has 1 heterocycles. The second-order valence-electron chi connectivity index (χ2n) is 7.22. The van der Waals surface area contributed by atoms with Crippen LogP contribution in [0.4, 0.5) is 0 Å². The van der Waals surface area contributed by atoms with Crippen molar-refractivity contribution in [2.24, 2.45) is 0 Å². The first-order valence-electron chi connectivity index (χ1n) is 7.14. The molecular formula is C15H19BI5O2-. The molecule has 0 spiro atoms. The van der Waals surface area contributed by atoms with Crippen LogP contribution in [0.5, 0.6) is 0 Å². The SMILES string of the molecule is CC(C)(B1OC(C)(C)C(C)(C)O1)c1c(I)c(I)cc(I)c1[I-]I. The van der Waals surface area contributed by atoms with Crippen LogP contribution in [0.2, 0.25) is 0 Å². The number of hydrogen-bond donors (Lipinski definition) is 0. The van der Waals surface area contributed by atoms with E-state index in [4.69, 9.17) is 9.31 Å². The summed E-state index contributed by atoms with van der Waals surface area (Å²) in [4.78, 5) is 0. The van der Waals surface area contributed by atoms with E-state index in [1.54, 1.807) is 0 Å². The first-order chi connectivity index (χ1) is 10.3. The van der Waals surface area contributed by atoms with Crippen LogP contribution >= 0.6 is 86.4 Å². The topological polar surface area (TPSA) is 18.5 Å². The normalized spacial score (nSPS) is 20.3. The molecule has 23 heavy (non-hydrogen) atoms. The van der Waals surface area contributed by atoms with E-state index >= 15 is 0 Å². The predicted molar refractivity (Wildman–Crippen MR) is 126 cm³/mol. The van der Waals surface area contributed by atoms with Gasteiger partial charge >= 0.3 is 204 Å². The molecule has 1 aliphatic heterocycles. The molecule has 1 aromatic rings. The third-order valence-corrected chi connectivity index (χ3v) is 13.8. The summed E-state index contributed by atoms with van der Waals surface area (Å²) >= 11 is 9.93. The molecule has 2 nitrogen and oxygen atoms in total. The second kappa shape index (κ2) is 7.70. The van der Waals surface area contributed by atoms with Gasteiger partial charge in [-0.1, -0.05) is 0 Å². The van der Waals surface area contributed by atoms with Gasteiger partial charge in [0.05, 0.1) is 0 Å². The summed E-state index contributed by atoms with van der Waals surface area (Å²) in [5.74, 6) is 0. The van der Waals surface area contributed by atoms with E-state index in [0.717, 1.165) is 0 Å². The zero-order valence-electron chi connectivity index (χ0n) is 13.9. The molecule has 0 bridgehead atoms. The maximum atomic E-state index is 6.40. The molecule has 0 aromatic heterocycles. The van der Waals surface area contributed by atoms with Crippen LogP contribution in [0.15, 0.2) is 6.07 Å². The van der Waals surface area contributed by atoms with Crippen molar-refractivity contribution < 1.29 is 26.5 Å². The van der Waals surface area contributed by atoms with Crippen molar-refractivity contribution in [2.75, 3.05) is 0 Å². The number of halogens is 5.